The number of nitrogens with zero attached hydrogens (tertiary/aromatic N) is 2. The summed E-state index contributed by atoms with van der Waals surface area (Å²) in [6, 6.07) is 18.2. The molecule has 2 N–H and O–H groups in total. The first-order valence-corrected chi connectivity index (χ1v) is 8.73. The molecule has 2 aromatic carbocycles. The maximum atomic E-state index is 5.38. The van der Waals surface area contributed by atoms with Crippen LogP contribution in [-0.4, -0.2) is 23.6 Å². The van der Waals surface area contributed by atoms with Crippen LogP contribution in [0.5, 0.6) is 5.75 Å². The van der Waals surface area contributed by atoms with E-state index >= 15 is 0 Å². The Hall–Kier alpha value is -3.08. The summed E-state index contributed by atoms with van der Waals surface area (Å²) in [4.78, 5) is 8.82. The van der Waals surface area contributed by atoms with E-state index in [0.29, 0.717) is 5.95 Å². The van der Waals surface area contributed by atoms with Gasteiger partial charge in [-0.2, -0.15) is 4.98 Å². The van der Waals surface area contributed by atoms with Gasteiger partial charge in [-0.1, -0.05) is 42.5 Å². The fourth-order valence-electron chi connectivity index (χ4n) is 2.76. The summed E-state index contributed by atoms with van der Waals surface area (Å²) >= 11 is 0. The highest BCUT2D eigenvalue weighted by Gasteiger charge is 2.03. The van der Waals surface area contributed by atoms with Crippen LogP contribution < -0.4 is 15.4 Å². The zero-order valence-corrected chi connectivity index (χ0v) is 15.2. The molecular weight excluding hydrogens is 324 g/mol. The molecule has 0 atom stereocenters. The Morgan fingerprint density at radius 3 is 2.50 bits per heavy atom. The van der Waals surface area contributed by atoms with E-state index in [1.165, 1.54) is 11.1 Å². The van der Waals surface area contributed by atoms with Crippen molar-refractivity contribution in [3.05, 3.63) is 77.5 Å². The van der Waals surface area contributed by atoms with Gasteiger partial charge in [-0.3, -0.25) is 0 Å². The van der Waals surface area contributed by atoms with Crippen LogP contribution in [0.15, 0.2) is 60.8 Å². The number of ether oxygens (including phenoxy) is 1. The van der Waals surface area contributed by atoms with Crippen LogP contribution in [0.2, 0.25) is 0 Å². The molecule has 0 fully saturated rings. The summed E-state index contributed by atoms with van der Waals surface area (Å²) < 4.78 is 5.38. The van der Waals surface area contributed by atoms with Crippen molar-refractivity contribution in [2.75, 3.05) is 24.3 Å². The van der Waals surface area contributed by atoms with Crippen molar-refractivity contribution in [3.8, 4) is 5.75 Å². The van der Waals surface area contributed by atoms with Gasteiger partial charge in [0.25, 0.3) is 0 Å². The number of hydrogen-bond acceptors (Lipinski definition) is 5. The molecule has 3 rings (SSSR count). The Morgan fingerprint density at radius 2 is 1.69 bits per heavy atom. The molecule has 26 heavy (non-hydrogen) atoms. The molecule has 3 aromatic rings. The van der Waals surface area contributed by atoms with E-state index < -0.39 is 0 Å². The minimum atomic E-state index is 0.620. The number of nitrogens with one attached hydrogen (secondary N) is 2. The topological polar surface area (TPSA) is 59.1 Å². The highest BCUT2D eigenvalue weighted by Crippen LogP contribution is 2.18. The van der Waals surface area contributed by atoms with Crippen LogP contribution in [0.25, 0.3) is 0 Å². The SMILES string of the molecule is COc1ccccc1CCNc1nccc(NCc2ccccc2C)n1. The molecule has 0 unspecified atom stereocenters. The van der Waals surface area contributed by atoms with E-state index in [1.807, 2.05) is 30.3 Å². The van der Waals surface area contributed by atoms with Crippen LogP contribution in [0.1, 0.15) is 16.7 Å². The number of hydrogen-bond donors (Lipinski definition) is 2. The van der Waals surface area contributed by atoms with Crippen LogP contribution >= 0.6 is 0 Å². The summed E-state index contributed by atoms with van der Waals surface area (Å²) in [5.41, 5.74) is 3.69. The highest BCUT2D eigenvalue weighted by atomic mass is 16.5. The Morgan fingerprint density at radius 1 is 0.923 bits per heavy atom. The zero-order chi connectivity index (χ0) is 18.2. The lowest BCUT2D eigenvalue weighted by Gasteiger charge is -2.11. The Kier molecular flexibility index (Phi) is 6.04. The zero-order valence-electron chi connectivity index (χ0n) is 15.2. The second-order valence-electron chi connectivity index (χ2n) is 6.03. The number of benzene rings is 2. The third-order valence-corrected chi connectivity index (χ3v) is 4.25. The van der Waals surface area contributed by atoms with Crippen molar-refractivity contribution in [1.82, 2.24) is 9.97 Å². The molecule has 0 saturated heterocycles. The summed E-state index contributed by atoms with van der Waals surface area (Å²) in [7, 11) is 1.69. The molecule has 0 spiro atoms. The van der Waals surface area contributed by atoms with E-state index in [2.05, 4.69) is 51.8 Å². The Labute approximate surface area is 154 Å². The molecule has 0 aliphatic rings. The maximum Gasteiger partial charge on any atom is 0.224 e. The van der Waals surface area contributed by atoms with Crippen molar-refractivity contribution in [3.63, 3.8) is 0 Å². The fraction of sp³-hybridized carbons (Fsp3) is 0.238. The predicted molar refractivity (Wildman–Crippen MR) is 106 cm³/mol. The Bertz CT molecular complexity index is 851. The smallest absolute Gasteiger partial charge is 0.224 e. The van der Waals surface area contributed by atoms with E-state index in [-0.39, 0.29) is 0 Å². The molecule has 1 aromatic heterocycles. The van der Waals surface area contributed by atoms with Crippen molar-refractivity contribution in [2.45, 2.75) is 19.9 Å². The number of aryl methyl sites for hydroxylation is 1. The standard InChI is InChI=1S/C21H24N4O/c1-16-7-3-4-9-18(16)15-24-20-12-14-23-21(25-20)22-13-11-17-8-5-6-10-19(17)26-2/h3-10,12,14H,11,13,15H2,1-2H3,(H2,22,23,24,25). The average molecular weight is 348 g/mol. The third-order valence-electron chi connectivity index (χ3n) is 4.25. The van der Waals surface area contributed by atoms with Crippen LogP contribution in [0, 0.1) is 6.92 Å². The summed E-state index contributed by atoms with van der Waals surface area (Å²) in [6.45, 7) is 3.59. The first kappa shape index (κ1) is 17.7. The van der Waals surface area contributed by atoms with E-state index in [9.17, 15) is 0 Å². The van der Waals surface area contributed by atoms with Gasteiger partial charge < -0.3 is 15.4 Å². The van der Waals surface area contributed by atoms with E-state index in [1.54, 1.807) is 13.3 Å². The maximum absolute atomic E-state index is 5.38. The third kappa shape index (κ3) is 4.72. The van der Waals surface area contributed by atoms with E-state index in [4.69, 9.17) is 4.74 Å². The second-order valence-corrected chi connectivity index (χ2v) is 6.03. The van der Waals surface area contributed by atoms with Gasteiger partial charge in [-0.05, 0) is 42.2 Å². The number of aromatic nitrogens is 2. The van der Waals surface area contributed by atoms with Crippen molar-refractivity contribution in [1.29, 1.82) is 0 Å². The second kappa shape index (κ2) is 8.85. The minimum Gasteiger partial charge on any atom is -0.496 e. The molecular formula is C21H24N4O. The van der Waals surface area contributed by atoms with Gasteiger partial charge in [-0.15, -0.1) is 0 Å². The first-order valence-electron chi connectivity index (χ1n) is 8.73. The van der Waals surface area contributed by atoms with Crippen LogP contribution in [-0.2, 0) is 13.0 Å². The largest absolute Gasteiger partial charge is 0.496 e. The molecule has 0 aliphatic carbocycles. The van der Waals surface area contributed by atoms with Crippen molar-refractivity contribution in [2.24, 2.45) is 0 Å². The van der Waals surface area contributed by atoms with E-state index in [0.717, 1.165) is 36.6 Å². The quantitative estimate of drug-likeness (QED) is 0.643. The van der Waals surface area contributed by atoms with Crippen molar-refractivity contribution >= 4 is 11.8 Å². The molecule has 0 aliphatic heterocycles. The molecule has 0 saturated carbocycles. The fourth-order valence-corrected chi connectivity index (χ4v) is 2.76. The molecule has 5 nitrogen and oxygen atoms in total. The van der Waals surface area contributed by atoms with Crippen LogP contribution in [0.4, 0.5) is 11.8 Å². The van der Waals surface area contributed by atoms with Gasteiger partial charge in [-0.25, -0.2) is 4.98 Å². The average Bonchev–Trinajstić information content (AvgIpc) is 2.68. The monoisotopic (exact) mass is 348 g/mol. The molecule has 0 amide bonds. The first-order chi connectivity index (χ1) is 12.8. The summed E-state index contributed by atoms with van der Waals surface area (Å²) in [6.07, 6.45) is 2.60. The Balaban J connectivity index is 1.55. The van der Waals surface area contributed by atoms with Gasteiger partial charge in [0.1, 0.15) is 11.6 Å². The van der Waals surface area contributed by atoms with Gasteiger partial charge in [0.05, 0.1) is 7.11 Å². The number of methoxy groups -OCH3 is 1. The lowest BCUT2D eigenvalue weighted by Crippen LogP contribution is -2.10. The lowest BCUT2D eigenvalue weighted by atomic mass is 10.1. The molecule has 5 heteroatoms. The van der Waals surface area contributed by atoms with Crippen LogP contribution in [0.3, 0.4) is 0 Å². The number of rotatable bonds is 8. The van der Waals surface area contributed by atoms with Gasteiger partial charge in [0.15, 0.2) is 0 Å². The van der Waals surface area contributed by atoms with Gasteiger partial charge in [0.2, 0.25) is 5.95 Å². The summed E-state index contributed by atoms with van der Waals surface area (Å²) in [5.74, 6) is 2.33. The lowest BCUT2D eigenvalue weighted by molar-refractivity contribution is 0.410. The minimum absolute atomic E-state index is 0.620. The highest BCUT2D eigenvalue weighted by molar-refractivity contribution is 5.41. The van der Waals surface area contributed by atoms with Gasteiger partial charge >= 0.3 is 0 Å². The number of para-hydroxylation sites is 1. The van der Waals surface area contributed by atoms with Crippen molar-refractivity contribution < 1.29 is 4.74 Å². The molecule has 134 valence electrons. The molecule has 0 bridgehead atoms. The van der Waals surface area contributed by atoms with Gasteiger partial charge in [0, 0.05) is 19.3 Å². The number of anilines is 2. The summed E-state index contributed by atoms with van der Waals surface area (Å²) in [5, 5.41) is 6.63. The predicted octanol–water partition coefficient (Wildman–Crippen LogP) is 4.06. The molecule has 1 heterocycles. The molecule has 0 radical (unpaired) electrons. The normalized spacial score (nSPS) is 10.4.